The predicted molar refractivity (Wildman–Crippen MR) is 102 cm³/mol. The molecule has 0 radical (unpaired) electrons. The van der Waals surface area contributed by atoms with Gasteiger partial charge in [0.1, 0.15) is 6.07 Å². The van der Waals surface area contributed by atoms with E-state index in [9.17, 15) is 14.9 Å². The number of benzene rings is 1. The summed E-state index contributed by atoms with van der Waals surface area (Å²) in [5.41, 5.74) is 7.38. The van der Waals surface area contributed by atoms with Gasteiger partial charge in [0.05, 0.1) is 29.6 Å². The fourth-order valence-corrected chi connectivity index (χ4v) is 3.85. The number of amides is 2. The Morgan fingerprint density at radius 2 is 2.04 bits per heavy atom. The molecule has 0 bridgehead atoms. The number of morpholine rings is 1. The largest absolute Gasteiger partial charge is 0.369 e. The normalized spacial score (nSPS) is 22.6. The second-order valence-corrected chi connectivity index (χ2v) is 7.33. The first-order chi connectivity index (χ1) is 13.5. The summed E-state index contributed by atoms with van der Waals surface area (Å²) < 4.78 is 5.89. The van der Waals surface area contributed by atoms with Crippen LogP contribution in [0.3, 0.4) is 0 Å². The molecule has 3 heterocycles. The highest BCUT2D eigenvalue weighted by molar-refractivity contribution is 5.95. The Balaban J connectivity index is 1.58. The van der Waals surface area contributed by atoms with Gasteiger partial charge in [0.15, 0.2) is 6.10 Å². The molecule has 28 heavy (non-hydrogen) atoms. The van der Waals surface area contributed by atoms with Crippen LogP contribution in [-0.4, -0.2) is 60.1 Å². The minimum atomic E-state index is -0.611. The van der Waals surface area contributed by atoms with Crippen molar-refractivity contribution in [2.24, 2.45) is 11.7 Å². The molecule has 2 N–H and O–H groups in total. The van der Waals surface area contributed by atoms with Crippen LogP contribution >= 0.6 is 0 Å². The molecular weight excluding hydrogens is 358 g/mol. The number of hydrogen-bond donors (Lipinski definition) is 1. The Kier molecular flexibility index (Phi) is 4.61. The number of carbonyl (C=O) groups is 2. The number of ether oxygens (including phenoxy) is 1. The fraction of sp³-hybridized carbons (Fsp3) is 0.400. The summed E-state index contributed by atoms with van der Waals surface area (Å²) in [6.45, 7) is 3.66. The molecule has 144 valence electrons. The van der Waals surface area contributed by atoms with E-state index in [1.165, 1.54) is 0 Å². The van der Waals surface area contributed by atoms with E-state index < -0.39 is 6.10 Å². The molecular formula is C20H21N5O3. The van der Waals surface area contributed by atoms with Crippen LogP contribution in [0.25, 0.3) is 10.9 Å². The second-order valence-electron chi connectivity index (χ2n) is 7.33. The third-order valence-electron chi connectivity index (χ3n) is 5.34. The van der Waals surface area contributed by atoms with Crippen LogP contribution in [0.5, 0.6) is 0 Å². The molecule has 2 aliphatic rings. The number of nitriles is 1. The van der Waals surface area contributed by atoms with Gasteiger partial charge in [0, 0.05) is 36.9 Å². The van der Waals surface area contributed by atoms with Gasteiger partial charge >= 0.3 is 0 Å². The summed E-state index contributed by atoms with van der Waals surface area (Å²) in [5.74, 6) is -0.764. The SMILES string of the molecule is C[C@@H]1CN(c2ccc(C#N)c3ncccc23)C[C@H](C(=O)N2CC(C(N)=O)C2)O1. The zero-order valence-electron chi connectivity index (χ0n) is 15.5. The van der Waals surface area contributed by atoms with Crippen molar-refractivity contribution in [1.29, 1.82) is 5.26 Å². The topological polar surface area (TPSA) is 113 Å². The average Bonchev–Trinajstić information content (AvgIpc) is 2.65. The van der Waals surface area contributed by atoms with Crippen molar-refractivity contribution >= 4 is 28.4 Å². The van der Waals surface area contributed by atoms with Crippen LogP contribution in [0.1, 0.15) is 12.5 Å². The van der Waals surface area contributed by atoms with E-state index in [4.69, 9.17) is 10.5 Å². The fourth-order valence-electron chi connectivity index (χ4n) is 3.85. The van der Waals surface area contributed by atoms with Crippen LogP contribution in [0.4, 0.5) is 5.69 Å². The summed E-state index contributed by atoms with van der Waals surface area (Å²) in [6.07, 6.45) is 0.915. The van der Waals surface area contributed by atoms with Crippen LogP contribution in [-0.2, 0) is 14.3 Å². The number of likely N-dealkylation sites (tertiary alicyclic amines) is 1. The third-order valence-corrected chi connectivity index (χ3v) is 5.34. The molecule has 2 saturated heterocycles. The lowest BCUT2D eigenvalue weighted by Gasteiger charge is -2.43. The van der Waals surface area contributed by atoms with E-state index >= 15 is 0 Å². The molecule has 0 saturated carbocycles. The zero-order chi connectivity index (χ0) is 19.8. The highest BCUT2D eigenvalue weighted by atomic mass is 16.5. The molecule has 4 rings (SSSR count). The Bertz CT molecular complexity index is 979. The van der Waals surface area contributed by atoms with Crippen molar-refractivity contribution in [2.75, 3.05) is 31.1 Å². The summed E-state index contributed by atoms with van der Waals surface area (Å²) in [6, 6.07) is 9.60. The number of carbonyl (C=O) groups excluding carboxylic acids is 2. The van der Waals surface area contributed by atoms with Gasteiger partial charge in [0.2, 0.25) is 5.91 Å². The number of nitrogens with two attached hydrogens (primary N) is 1. The predicted octanol–water partition coefficient (Wildman–Crippen LogP) is 0.644. The first kappa shape index (κ1) is 18.2. The van der Waals surface area contributed by atoms with Gasteiger partial charge in [-0.2, -0.15) is 5.26 Å². The van der Waals surface area contributed by atoms with Crippen molar-refractivity contribution in [3.8, 4) is 6.07 Å². The number of anilines is 1. The van der Waals surface area contributed by atoms with E-state index in [1.807, 2.05) is 25.1 Å². The van der Waals surface area contributed by atoms with Gasteiger partial charge < -0.3 is 20.3 Å². The summed E-state index contributed by atoms with van der Waals surface area (Å²) in [7, 11) is 0. The van der Waals surface area contributed by atoms with Gasteiger partial charge in [0.25, 0.3) is 5.91 Å². The Morgan fingerprint density at radius 3 is 2.75 bits per heavy atom. The maximum absolute atomic E-state index is 12.8. The van der Waals surface area contributed by atoms with E-state index in [0.29, 0.717) is 37.3 Å². The van der Waals surface area contributed by atoms with Crippen molar-refractivity contribution in [3.05, 3.63) is 36.0 Å². The monoisotopic (exact) mass is 379 g/mol. The Hall–Kier alpha value is -3.18. The zero-order valence-corrected chi connectivity index (χ0v) is 15.5. The number of nitrogens with zero attached hydrogens (tertiary/aromatic N) is 4. The molecule has 8 nitrogen and oxygen atoms in total. The molecule has 8 heteroatoms. The average molecular weight is 379 g/mol. The van der Waals surface area contributed by atoms with Crippen LogP contribution < -0.4 is 10.6 Å². The number of fused-ring (bicyclic) bond motifs is 1. The lowest BCUT2D eigenvalue weighted by atomic mass is 9.98. The van der Waals surface area contributed by atoms with Crippen molar-refractivity contribution in [1.82, 2.24) is 9.88 Å². The van der Waals surface area contributed by atoms with Gasteiger partial charge in [-0.25, -0.2) is 0 Å². The van der Waals surface area contributed by atoms with E-state index in [1.54, 1.807) is 17.2 Å². The minimum absolute atomic E-state index is 0.120. The van der Waals surface area contributed by atoms with E-state index in [-0.39, 0.29) is 23.8 Å². The van der Waals surface area contributed by atoms with Crippen molar-refractivity contribution in [3.63, 3.8) is 0 Å². The number of rotatable bonds is 3. The maximum Gasteiger partial charge on any atom is 0.253 e. The summed E-state index contributed by atoms with van der Waals surface area (Å²) in [5, 5.41) is 10.2. The van der Waals surface area contributed by atoms with E-state index in [2.05, 4.69) is 16.0 Å². The van der Waals surface area contributed by atoms with Crippen LogP contribution in [0.2, 0.25) is 0 Å². The quantitative estimate of drug-likeness (QED) is 0.838. The highest BCUT2D eigenvalue weighted by Crippen LogP contribution is 2.31. The second kappa shape index (κ2) is 7.09. The number of primary amides is 1. The van der Waals surface area contributed by atoms with E-state index in [0.717, 1.165) is 11.1 Å². The molecule has 2 fully saturated rings. The molecule has 1 aromatic heterocycles. The first-order valence-corrected chi connectivity index (χ1v) is 9.24. The van der Waals surface area contributed by atoms with Crippen LogP contribution in [0, 0.1) is 17.2 Å². The van der Waals surface area contributed by atoms with Gasteiger partial charge in [-0.05, 0) is 31.2 Å². The van der Waals surface area contributed by atoms with Gasteiger partial charge in [-0.1, -0.05) is 0 Å². The number of aromatic nitrogens is 1. The molecule has 0 unspecified atom stereocenters. The standard InChI is InChI=1S/C20H21N5O3/c1-12-8-24(11-17(28-12)20(27)25-9-14(10-25)19(22)26)16-5-4-13(7-21)18-15(16)3-2-6-23-18/h2-6,12,14,17H,8-11H2,1H3,(H2,22,26)/t12-,17-/m1/s1. The Morgan fingerprint density at radius 1 is 1.25 bits per heavy atom. The lowest BCUT2D eigenvalue weighted by molar-refractivity contribution is -0.156. The Labute approximate surface area is 162 Å². The van der Waals surface area contributed by atoms with Crippen molar-refractivity contribution in [2.45, 2.75) is 19.1 Å². The maximum atomic E-state index is 12.8. The van der Waals surface area contributed by atoms with Crippen molar-refractivity contribution < 1.29 is 14.3 Å². The number of hydrogen-bond acceptors (Lipinski definition) is 6. The molecule has 2 aromatic rings. The molecule has 2 aliphatic heterocycles. The number of pyridine rings is 1. The molecule has 0 aliphatic carbocycles. The molecule has 0 spiro atoms. The first-order valence-electron chi connectivity index (χ1n) is 9.24. The minimum Gasteiger partial charge on any atom is -0.369 e. The van der Waals surface area contributed by atoms with Crippen LogP contribution in [0.15, 0.2) is 30.5 Å². The molecule has 1 aromatic carbocycles. The lowest BCUT2D eigenvalue weighted by Crippen LogP contribution is -2.61. The summed E-state index contributed by atoms with van der Waals surface area (Å²) >= 11 is 0. The molecule has 2 atom stereocenters. The van der Waals surface area contributed by atoms with Gasteiger partial charge in [-0.3, -0.25) is 14.6 Å². The third kappa shape index (κ3) is 3.14. The molecule has 2 amide bonds. The highest BCUT2D eigenvalue weighted by Gasteiger charge is 2.40. The summed E-state index contributed by atoms with van der Waals surface area (Å²) in [4.78, 5) is 32.1. The smallest absolute Gasteiger partial charge is 0.253 e. The van der Waals surface area contributed by atoms with Gasteiger partial charge in [-0.15, -0.1) is 0 Å².